The van der Waals surface area contributed by atoms with E-state index in [1.54, 1.807) is 17.9 Å². The van der Waals surface area contributed by atoms with Gasteiger partial charge in [-0.3, -0.25) is 4.79 Å². The maximum Gasteiger partial charge on any atom is 0.341 e. The molecule has 17 heavy (non-hydrogen) atoms. The number of aromatic nitrogens is 1. The Hall–Kier alpha value is -1.62. The van der Waals surface area contributed by atoms with Gasteiger partial charge in [-0.05, 0) is 20.3 Å². The number of rotatable bonds is 5. The normalized spacial score (nSPS) is 11.5. The van der Waals surface area contributed by atoms with E-state index in [0.717, 1.165) is 6.42 Å². The highest BCUT2D eigenvalue weighted by Crippen LogP contribution is 2.13. The van der Waals surface area contributed by atoms with Gasteiger partial charge in [0.25, 0.3) is 0 Å². The van der Waals surface area contributed by atoms with Gasteiger partial charge >= 0.3 is 5.97 Å². The molecule has 0 aliphatic carbocycles. The molecule has 0 saturated heterocycles. The molecular weight excluding hydrogens is 222 g/mol. The van der Waals surface area contributed by atoms with Gasteiger partial charge in [-0.15, -0.1) is 0 Å². The van der Waals surface area contributed by atoms with Crippen LogP contribution in [0.4, 0.5) is 0 Å². The molecule has 0 atom stereocenters. The quantitative estimate of drug-likeness (QED) is 0.842. The fourth-order valence-corrected chi connectivity index (χ4v) is 1.33. The number of hydrogen-bond acceptors (Lipinski definition) is 3. The summed E-state index contributed by atoms with van der Waals surface area (Å²) in [5.41, 5.74) is -0.950. The van der Waals surface area contributed by atoms with Crippen molar-refractivity contribution < 1.29 is 14.6 Å². The third kappa shape index (κ3) is 3.71. The predicted molar refractivity (Wildman–Crippen MR) is 63.4 cm³/mol. The lowest BCUT2D eigenvalue weighted by Crippen LogP contribution is -2.25. The van der Waals surface area contributed by atoms with Crippen LogP contribution in [0.2, 0.25) is 0 Å². The van der Waals surface area contributed by atoms with E-state index < -0.39 is 11.4 Å². The molecule has 1 rings (SSSR count). The zero-order chi connectivity index (χ0) is 13.1. The van der Waals surface area contributed by atoms with Crippen molar-refractivity contribution in [3.8, 4) is 0 Å². The van der Waals surface area contributed by atoms with Crippen molar-refractivity contribution in [3.05, 3.63) is 34.2 Å². The number of ether oxygens (including phenoxy) is 1. The molecule has 1 aromatic rings. The number of aryl methyl sites for hydroxylation is 1. The lowest BCUT2D eigenvalue weighted by Gasteiger charge is -2.23. The Bertz CT molecular complexity index is 462. The van der Waals surface area contributed by atoms with Gasteiger partial charge in [-0.2, -0.15) is 0 Å². The van der Waals surface area contributed by atoms with Crippen LogP contribution in [0.15, 0.2) is 23.3 Å². The molecule has 0 radical (unpaired) electrons. The summed E-state index contributed by atoms with van der Waals surface area (Å²) in [7, 11) is 1.63. The van der Waals surface area contributed by atoms with Crippen molar-refractivity contribution in [1.82, 2.24) is 4.57 Å². The topological polar surface area (TPSA) is 68.5 Å². The minimum absolute atomic E-state index is 0.206. The molecule has 1 heterocycles. The first-order chi connectivity index (χ1) is 7.85. The highest BCUT2D eigenvalue weighted by molar-refractivity contribution is 5.86. The Morgan fingerprint density at radius 1 is 1.53 bits per heavy atom. The maximum absolute atomic E-state index is 11.3. The average Bonchev–Trinajstić information content (AvgIpc) is 2.27. The van der Waals surface area contributed by atoms with Crippen LogP contribution in [0, 0.1) is 0 Å². The summed E-state index contributed by atoms with van der Waals surface area (Å²) in [4.78, 5) is 22.0. The van der Waals surface area contributed by atoms with E-state index in [4.69, 9.17) is 9.84 Å². The molecule has 0 aliphatic heterocycles. The van der Waals surface area contributed by atoms with Crippen LogP contribution < -0.4 is 5.43 Å². The minimum atomic E-state index is -1.20. The standard InChI is InChI=1S/C12H17NO4/c1-12(2,17-3)5-7-13-6-4-10(14)9(8-13)11(15)16/h4,6,8H,5,7H2,1-3H3,(H,15,16). The van der Waals surface area contributed by atoms with Gasteiger partial charge in [0.1, 0.15) is 5.56 Å². The molecule has 0 unspecified atom stereocenters. The van der Waals surface area contributed by atoms with Crippen molar-refractivity contribution in [2.75, 3.05) is 7.11 Å². The molecule has 0 aliphatic rings. The smallest absolute Gasteiger partial charge is 0.341 e. The van der Waals surface area contributed by atoms with Crippen molar-refractivity contribution in [2.45, 2.75) is 32.4 Å². The number of carbonyl (C=O) groups is 1. The lowest BCUT2D eigenvalue weighted by molar-refractivity contribution is 0.0120. The third-order valence-electron chi connectivity index (χ3n) is 2.73. The molecule has 0 bridgehead atoms. The largest absolute Gasteiger partial charge is 0.477 e. The Morgan fingerprint density at radius 3 is 2.71 bits per heavy atom. The van der Waals surface area contributed by atoms with E-state index in [1.807, 2.05) is 13.8 Å². The second-order valence-electron chi connectivity index (χ2n) is 4.48. The Morgan fingerprint density at radius 2 is 2.18 bits per heavy atom. The van der Waals surface area contributed by atoms with Gasteiger partial charge in [0.15, 0.2) is 5.43 Å². The van der Waals surface area contributed by atoms with Gasteiger partial charge in [0, 0.05) is 32.1 Å². The van der Waals surface area contributed by atoms with E-state index in [9.17, 15) is 9.59 Å². The summed E-state index contributed by atoms with van der Waals surface area (Å²) in [6, 6.07) is 1.27. The number of aromatic carboxylic acids is 1. The molecule has 5 nitrogen and oxygen atoms in total. The van der Waals surface area contributed by atoms with Crippen LogP contribution in [0.25, 0.3) is 0 Å². The van der Waals surface area contributed by atoms with Gasteiger partial charge in [-0.25, -0.2) is 4.79 Å². The first-order valence-electron chi connectivity index (χ1n) is 5.34. The number of nitrogens with zero attached hydrogens (tertiary/aromatic N) is 1. The predicted octanol–water partition coefficient (Wildman–Crippen LogP) is 1.36. The second kappa shape index (κ2) is 5.14. The molecule has 1 aromatic heterocycles. The van der Waals surface area contributed by atoms with Gasteiger partial charge < -0.3 is 14.4 Å². The summed E-state index contributed by atoms with van der Waals surface area (Å²) >= 11 is 0. The number of carboxylic acid groups (broad SMARTS) is 1. The highest BCUT2D eigenvalue weighted by Gasteiger charge is 2.16. The Labute approximate surface area is 99.6 Å². The SMILES string of the molecule is COC(C)(C)CCn1ccc(=O)c(C(=O)O)c1. The molecule has 0 saturated carbocycles. The fourth-order valence-electron chi connectivity index (χ4n) is 1.33. The zero-order valence-corrected chi connectivity index (χ0v) is 10.3. The Kier molecular flexibility index (Phi) is 4.07. The summed E-state index contributed by atoms with van der Waals surface area (Å²) < 4.78 is 6.96. The summed E-state index contributed by atoms with van der Waals surface area (Å²) in [5, 5.41) is 8.83. The van der Waals surface area contributed by atoms with Crippen LogP contribution in [-0.2, 0) is 11.3 Å². The molecule has 0 spiro atoms. The van der Waals surface area contributed by atoms with Crippen LogP contribution >= 0.6 is 0 Å². The number of hydrogen-bond donors (Lipinski definition) is 1. The highest BCUT2D eigenvalue weighted by atomic mass is 16.5. The summed E-state index contributed by atoms with van der Waals surface area (Å²) in [5.74, 6) is -1.20. The fraction of sp³-hybridized carbons (Fsp3) is 0.500. The average molecular weight is 239 g/mol. The monoisotopic (exact) mass is 239 g/mol. The summed E-state index contributed by atoms with van der Waals surface area (Å²) in [6.45, 7) is 4.50. The number of pyridine rings is 1. The van der Waals surface area contributed by atoms with E-state index >= 15 is 0 Å². The first-order valence-corrected chi connectivity index (χ1v) is 5.34. The minimum Gasteiger partial charge on any atom is -0.477 e. The molecule has 5 heteroatoms. The van der Waals surface area contributed by atoms with Crippen LogP contribution in [0.3, 0.4) is 0 Å². The molecule has 1 N–H and O–H groups in total. The van der Waals surface area contributed by atoms with Crippen LogP contribution in [-0.4, -0.2) is 28.4 Å². The van der Waals surface area contributed by atoms with Crippen molar-refractivity contribution in [3.63, 3.8) is 0 Å². The van der Waals surface area contributed by atoms with Gasteiger partial charge in [-0.1, -0.05) is 0 Å². The molecular formula is C12H17NO4. The molecule has 0 aromatic carbocycles. The van der Waals surface area contributed by atoms with Crippen LogP contribution in [0.1, 0.15) is 30.6 Å². The summed E-state index contributed by atoms with van der Waals surface area (Å²) in [6.07, 6.45) is 3.67. The van der Waals surface area contributed by atoms with E-state index in [2.05, 4.69) is 0 Å². The second-order valence-corrected chi connectivity index (χ2v) is 4.48. The van der Waals surface area contributed by atoms with Crippen molar-refractivity contribution in [2.24, 2.45) is 0 Å². The molecule has 0 amide bonds. The maximum atomic E-state index is 11.3. The third-order valence-corrected chi connectivity index (χ3v) is 2.73. The van der Waals surface area contributed by atoms with Gasteiger partial charge in [0.05, 0.1) is 5.60 Å². The van der Waals surface area contributed by atoms with E-state index in [1.165, 1.54) is 12.3 Å². The van der Waals surface area contributed by atoms with Gasteiger partial charge in [0.2, 0.25) is 0 Å². The molecule has 94 valence electrons. The lowest BCUT2D eigenvalue weighted by atomic mass is 10.1. The van der Waals surface area contributed by atoms with E-state index in [0.29, 0.717) is 6.54 Å². The molecule has 0 fully saturated rings. The van der Waals surface area contributed by atoms with Crippen LogP contribution in [0.5, 0.6) is 0 Å². The van der Waals surface area contributed by atoms with Crippen molar-refractivity contribution in [1.29, 1.82) is 0 Å². The number of methoxy groups -OCH3 is 1. The number of carboxylic acids is 1. The van der Waals surface area contributed by atoms with E-state index in [-0.39, 0.29) is 11.2 Å². The van der Waals surface area contributed by atoms with Crippen molar-refractivity contribution >= 4 is 5.97 Å². The Balaban J connectivity index is 2.84. The first kappa shape index (κ1) is 13.4. The zero-order valence-electron chi connectivity index (χ0n) is 10.3.